The quantitative estimate of drug-likeness (QED) is 0.753. The highest BCUT2D eigenvalue weighted by Gasteiger charge is 2.26. The fourth-order valence-electron chi connectivity index (χ4n) is 2.75. The number of sulfonamides is 1. The van der Waals surface area contributed by atoms with Gasteiger partial charge in [0.1, 0.15) is 0 Å². The number of amides is 1. The largest absolute Gasteiger partial charge is 0.493 e. The summed E-state index contributed by atoms with van der Waals surface area (Å²) in [7, 11) is -2.11. The number of hydrogen-bond donors (Lipinski definition) is 1. The standard InChI is InChI=1S/C19H22N2O6S/c1-25-17-7-2-3-8-18(17)27-14-19(22)20-15-5-4-6-16(13-15)28(23,24)21-9-11-26-12-10-21/h2-8,13H,9-12,14H2,1H3,(H,20,22). The molecule has 1 saturated heterocycles. The molecule has 150 valence electrons. The first-order valence-corrected chi connectivity index (χ1v) is 10.2. The Kier molecular flexibility index (Phi) is 6.50. The Balaban J connectivity index is 1.64. The van der Waals surface area contributed by atoms with Gasteiger partial charge in [-0.3, -0.25) is 4.79 Å². The summed E-state index contributed by atoms with van der Waals surface area (Å²) in [4.78, 5) is 12.3. The summed E-state index contributed by atoms with van der Waals surface area (Å²) in [6.45, 7) is 1.13. The summed E-state index contributed by atoms with van der Waals surface area (Å²) in [5.74, 6) is 0.560. The molecule has 0 radical (unpaired) electrons. The number of nitrogens with zero attached hydrogens (tertiary/aromatic N) is 1. The van der Waals surface area contributed by atoms with Crippen molar-refractivity contribution in [3.05, 3.63) is 48.5 Å². The Morgan fingerprint density at radius 3 is 2.54 bits per heavy atom. The van der Waals surface area contributed by atoms with Crippen LogP contribution in [-0.4, -0.2) is 58.7 Å². The van der Waals surface area contributed by atoms with E-state index in [9.17, 15) is 13.2 Å². The number of benzene rings is 2. The van der Waals surface area contributed by atoms with Crippen LogP contribution in [0, 0.1) is 0 Å². The minimum Gasteiger partial charge on any atom is -0.493 e. The van der Waals surface area contributed by atoms with Crippen LogP contribution >= 0.6 is 0 Å². The van der Waals surface area contributed by atoms with Gasteiger partial charge in [0, 0.05) is 18.8 Å². The maximum atomic E-state index is 12.7. The predicted molar refractivity (Wildman–Crippen MR) is 103 cm³/mol. The smallest absolute Gasteiger partial charge is 0.262 e. The molecule has 0 atom stereocenters. The van der Waals surface area contributed by atoms with Crippen LogP contribution in [0.1, 0.15) is 0 Å². The lowest BCUT2D eigenvalue weighted by Gasteiger charge is -2.26. The number of nitrogens with one attached hydrogen (secondary N) is 1. The molecule has 0 aliphatic carbocycles. The molecule has 1 amide bonds. The Morgan fingerprint density at radius 1 is 1.11 bits per heavy atom. The number of ether oxygens (including phenoxy) is 3. The molecule has 0 spiro atoms. The van der Waals surface area contributed by atoms with Crippen molar-refractivity contribution in [1.82, 2.24) is 4.31 Å². The lowest BCUT2D eigenvalue weighted by molar-refractivity contribution is -0.118. The number of hydrogen-bond acceptors (Lipinski definition) is 6. The monoisotopic (exact) mass is 406 g/mol. The number of carbonyl (C=O) groups excluding carboxylic acids is 1. The lowest BCUT2D eigenvalue weighted by Crippen LogP contribution is -2.40. The van der Waals surface area contributed by atoms with Crippen molar-refractivity contribution in [3.8, 4) is 11.5 Å². The third-order valence-electron chi connectivity index (χ3n) is 4.15. The number of anilines is 1. The van der Waals surface area contributed by atoms with Gasteiger partial charge in [0.05, 0.1) is 25.2 Å². The molecule has 0 unspecified atom stereocenters. The van der Waals surface area contributed by atoms with Crippen LogP contribution in [0.5, 0.6) is 11.5 Å². The van der Waals surface area contributed by atoms with Gasteiger partial charge in [-0.2, -0.15) is 4.31 Å². The minimum absolute atomic E-state index is 0.123. The van der Waals surface area contributed by atoms with Crippen molar-refractivity contribution in [2.45, 2.75) is 4.90 Å². The zero-order chi connectivity index (χ0) is 20.0. The minimum atomic E-state index is -3.63. The first-order valence-electron chi connectivity index (χ1n) is 8.74. The van der Waals surface area contributed by atoms with Gasteiger partial charge in [0.2, 0.25) is 10.0 Å². The van der Waals surface area contributed by atoms with E-state index in [1.807, 2.05) is 0 Å². The highest BCUT2D eigenvalue weighted by molar-refractivity contribution is 7.89. The molecular formula is C19H22N2O6S. The Hall–Kier alpha value is -2.62. The van der Waals surface area contributed by atoms with E-state index >= 15 is 0 Å². The summed E-state index contributed by atoms with van der Waals surface area (Å²) in [5, 5.41) is 2.65. The number of rotatable bonds is 7. The number of methoxy groups -OCH3 is 1. The molecule has 1 N–H and O–H groups in total. The summed E-state index contributed by atoms with van der Waals surface area (Å²) in [5.41, 5.74) is 0.378. The normalized spacial score (nSPS) is 15.0. The van der Waals surface area contributed by atoms with Gasteiger partial charge in [0.15, 0.2) is 18.1 Å². The maximum Gasteiger partial charge on any atom is 0.262 e. The molecule has 3 rings (SSSR count). The van der Waals surface area contributed by atoms with Gasteiger partial charge in [-0.1, -0.05) is 18.2 Å². The summed E-state index contributed by atoms with van der Waals surface area (Å²) < 4.78 is 42.7. The lowest BCUT2D eigenvalue weighted by atomic mass is 10.3. The van der Waals surface area contributed by atoms with Crippen LogP contribution in [0.4, 0.5) is 5.69 Å². The first-order chi connectivity index (χ1) is 13.5. The van der Waals surface area contributed by atoms with Gasteiger partial charge < -0.3 is 19.5 Å². The van der Waals surface area contributed by atoms with Crippen LogP contribution < -0.4 is 14.8 Å². The summed E-state index contributed by atoms with van der Waals surface area (Å²) >= 11 is 0. The second-order valence-electron chi connectivity index (χ2n) is 6.03. The number of para-hydroxylation sites is 2. The van der Waals surface area contributed by atoms with Crippen LogP contribution in [-0.2, 0) is 19.6 Å². The highest BCUT2D eigenvalue weighted by Crippen LogP contribution is 2.26. The van der Waals surface area contributed by atoms with Crippen molar-refractivity contribution in [2.75, 3.05) is 45.3 Å². The van der Waals surface area contributed by atoms with E-state index in [4.69, 9.17) is 14.2 Å². The van der Waals surface area contributed by atoms with Gasteiger partial charge in [-0.05, 0) is 30.3 Å². The molecule has 1 aliphatic rings. The van der Waals surface area contributed by atoms with E-state index < -0.39 is 15.9 Å². The fraction of sp³-hybridized carbons (Fsp3) is 0.316. The van der Waals surface area contributed by atoms with Crippen molar-refractivity contribution in [3.63, 3.8) is 0 Å². The van der Waals surface area contributed by atoms with Crippen LogP contribution in [0.2, 0.25) is 0 Å². The second kappa shape index (κ2) is 9.05. The third-order valence-corrected chi connectivity index (χ3v) is 6.05. The van der Waals surface area contributed by atoms with E-state index in [1.165, 1.54) is 23.5 Å². The number of morpholine rings is 1. The van der Waals surface area contributed by atoms with E-state index in [2.05, 4.69) is 5.32 Å². The zero-order valence-corrected chi connectivity index (χ0v) is 16.3. The van der Waals surface area contributed by atoms with Gasteiger partial charge in [-0.15, -0.1) is 0 Å². The zero-order valence-electron chi connectivity index (χ0n) is 15.5. The molecule has 2 aromatic rings. The van der Waals surface area contributed by atoms with Crippen LogP contribution in [0.25, 0.3) is 0 Å². The molecule has 8 nitrogen and oxygen atoms in total. The van der Waals surface area contributed by atoms with Crippen LogP contribution in [0.3, 0.4) is 0 Å². The average Bonchev–Trinajstić information content (AvgIpc) is 2.73. The molecule has 0 aromatic heterocycles. The molecular weight excluding hydrogens is 384 g/mol. The average molecular weight is 406 g/mol. The molecule has 1 heterocycles. The topological polar surface area (TPSA) is 94.2 Å². The third kappa shape index (κ3) is 4.80. The molecule has 2 aromatic carbocycles. The molecule has 1 aliphatic heterocycles. The fourth-order valence-corrected chi connectivity index (χ4v) is 4.20. The SMILES string of the molecule is COc1ccccc1OCC(=O)Nc1cccc(S(=O)(=O)N2CCOCC2)c1. The highest BCUT2D eigenvalue weighted by atomic mass is 32.2. The first kappa shape index (κ1) is 20.1. The molecule has 0 saturated carbocycles. The van der Waals surface area contributed by atoms with Gasteiger partial charge in [-0.25, -0.2) is 8.42 Å². The van der Waals surface area contributed by atoms with E-state index in [0.717, 1.165) is 0 Å². The van der Waals surface area contributed by atoms with Crippen molar-refractivity contribution in [1.29, 1.82) is 0 Å². The summed E-state index contributed by atoms with van der Waals surface area (Å²) in [6.07, 6.45) is 0. The van der Waals surface area contributed by atoms with Crippen molar-refractivity contribution < 1.29 is 27.4 Å². The molecule has 9 heteroatoms. The number of carbonyl (C=O) groups is 1. The van der Waals surface area contributed by atoms with Crippen molar-refractivity contribution >= 4 is 21.6 Å². The molecule has 0 bridgehead atoms. The molecule has 28 heavy (non-hydrogen) atoms. The Labute approximate surface area is 164 Å². The van der Waals surface area contributed by atoms with Gasteiger partial charge >= 0.3 is 0 Å². The van der Waals surface area contributed by atoms with E-state index in [1.54, 1.807) is 36.4 Å². The van der Waals surface area contributed by atoms with Gasteiger partial charge in [0.25, 0.3) is 5.91 Å². The van der Waals surface area contributed by atoms with Crippen LogP contribution in [0.15, 0.2) is 53.4 Å². The maximum absolute atomic E-state index is 12.7. The Bertz CT molecular complexity index is 926. The second-order valence-corrected chi connectivity index (χ2v) is 7.97. The Morgan fingerprint density at radius 2 is 1.82 bits per heavy atom. The van der Waals surface area contributed by atoms with E-state index in [-0.39, 0.29) is 11.5 Å². The summed E-state index contributed by atoms with van der Waals surface area (Å²) in [6, 6.07) is 13.2. The van der Waals surface area contributed by atoms with Crippen molar-refractivity contribution in [2.24, 2.45) is 0 Å². The van der Waals surface area contributed by atoms with E-state index in [0.29, 0.717) is 43.5 Å². The predicted octanol–water partition coefficient (Wildman–Crippen LogP) is 1.73. The molecule has 1 fully saturated rings.